The fourth-order valence-electron chi connectivity index (χ4n) is 6.56. The van der Waals surface area contributed by atoms with Crippen LogP contribution in [0.1, 0.15) is 28.8 Å². The lowest BCUT2D eigenvalue weighted by atomic mass is 9.88. The van der Waals surface area contributed by atoms with Gasteiger partial charge < -0.3 is 15.6 Å². The second-order valence-corrected chi connectivity index (χ2v) is 11.6. The van der Waals surface area contributed by atoms with Gasteiger partial charge in [-0.15, -0.1) is 0 Å². The number of hydrogen-bond donors (Lipinski definition) is 2. The number of aryl methyl sites for hydroxylation is 1. The highest BCUT2D eigenvalue weighted by atomic mass is 15.0. The van der Waals surface area contributed by atoms with Crippen LogP contribution in [-0.2, 0) is 6.42 Å². The summed E-state index contributed by atoms with van der Waals surface area (Å²) in [6.07, 6.45) is 11.8. The Balaban J connectivity index is 1.28. The van der Waals surface area contributed by atoms with Crippen molar-refractivity contribution >= 4 is 28.2 Å². The molecule has 0 saturated carbocycles. The molecule has 0 radical (unpaired) electrons. The maximum absolute atomic E-state index is 5.48. The molecule has 220 valence electrons. The van der Waals surface area contributed by atoms with E-state index in [0.29, 0.717) is 0 Å². The molecular weight excluding hydrogens is 546 g/mol. The number of fused-ring (bicyclic) bond motifs is 3. The van der Waals surface area contributed by atoms with E-state index in [4.69, 9.17) is 5.73 Å². The van der Waals surface area contributed by atoms with Crippen LogP contribution in [0.25, 0.3) is 50.5 Å². The summed E-state index contributed by atoms with van der Waals surface area (Å²) in [6.45, 7) is 2.91. The number of hydrogen-bond acceptors (Lipinski definition) is 2. The monoisotopic (exact) mass is 583 g/mol. The standard InChI is InChI=1S/C42H37N3/c1-30-12-6-7-15-36(30)38-28-33(20-24-40(38)44-27-11-3-10-26-43)34-21-25-42-39(29-34)37-16-8-9-17-41(37)45(42)35-22-18-32(19-23-35)31-13-4-2-5-14-31/h2-20,22-24,26,28-29,44H,21,25,27,43H2,1H3/b11-3-,26-10-. The van der Waals surface area contributed by atoms with E-state index in [1.165, 1.54) is 66.8 Å². The molecule has 7 rings (SSSR count). The first-order valence-corrected chi connectivity index (χ1v) is 15.7. The van der Waals surface area contributed by atoms with E-state index < -0.39 is 0 Å². The first-order chi connectivity index (χ1) is 22.2. The van der Waals surface area contributed by atoms with Gasteiger partial charge in [-0.2, -0.15) is 0 Å². The number of anilines is 1. The van der Waals surface area contributed by atoms with Crippen LogP contribution in [0, 0.1) is 6.92 Å². The normalized spacial score (nSPS) is 13.0. The third-order valence-electron chi connectivity index (χ3n) is 8.79. The van der Waals surface area contributed by atoms with Gasteiger partial charge >= 0.3 is 0 Å². The third-order valence-corrected chi connectivity index (χ3v) is 8.79. The molecular formula is C42H37N3. The number of nitrogens with two attached hydrogens (primary N) is 1. The summed E-state index contributed by atoms with van der Waals surface area (Å²) < 4.78 is 2.46. The van der Waals surface area contributed by atoms with Crippen molar-refractivity contribution in [1.82, 2.24) is 4.57 Å². The molecule has 0 amide bonds. The molecule has 0 saturated heterocycles. The zero-order valence-electron chi connectivity index (χ0n) is 25.6. The summed E-state index contributed by atoms with van der Waals surface area (Å²) in [7, 11) is 0. The summed E-state index contributed by atoms with van der Waals surface area (Å²) in [5, 5.41) is 4.92. The van der Waals surface area contributed by atoms with Crippen LogP contribution in [0.15, 0.2) is 146 Å². The average Bonchev–Trinajstić information content (AvgIpc) is 3.43. The summed E-state index contributed by atoms with van der Waals surface area (Å²) >= 11 is 0. The van der Waals surface area contributed by atoms with E-state index in [0.717, 1.165) is 25.1 Å². The zero-order chi connectivity index (χ0) is 30.6. The van der Waals surface area contributed by atoms with Gasteiger partial charge in [0.25, 0.3) is 0 Å². The van der Waals surface area contributed by atoms with Crippen molar-refractivity contribution in [2.24, 2.45) is 5.73 Å². The Morgan fingerprint density at radius 1 is 0.711 bits per heavy atom. The van der Waals surface area contributed by atoms with Crippen molar-refractivity contribution in [2.75, 3.05) is 11.9 Å². The summed E-state index contributed by atoms with van der Waals surface area (Å²) in [5.74, 6) is 0. The molecule has 1 aliphatic rings. The minimum absolute atomic E-state index is 0.723. The zero-order valence-corrected chi connectivity index (χ0v) is 25.6. The molecule has 0 aliphatic heterocycles. The van der Waals surface area contributed by atoms with Crippen molar-refractivity contribution in [1.29, 1.82) is 0 Å². The molecule has 0 fully saturated rings. The first kappa shape index (κ1) is 28.2. The van der Waals surface area contributed by atoms with Gasteiger partial charge in [-0.1, -0.05) is 103 Å². The number of rotatable bonds is 8. The molecule has 3 N–H and O–H groups in total. The molecule has 0 spiro atoms. The van der Waals surface area contributed by atoms with Crippen molar-refractivity contribution in [3.63, 3.8) is 0 Å². The van der Waals surface area contributed by atoms with Crippen LogP contribution in [-0.4, -0.2) is 11.1 Å². The topological polar surface area (TPSA) is 43.0 Å². The number of benzene rings is 5. The molecule has 3 nitrogen and oxygen atoms in total. The molecule has 0 unspecified atom stereocenters. The molecule has 45 heavy (non-hydrogen) atoms. The van der Waals surface area contributed by atoms with Gasteiger partial charge in [-0.3, -0.25) is 0 Å². The Morgan fingerprint density at radius 2 is 1.44 bits per heavy atom. The Bertz CT molecular complexity index is 2060. The lowest BCUT2D eigenvalue weighted by molar-refractivity contribution is 0.898. The Morgan fingerprint density at radius 3 is 2.27 bits per heavy atom. The van der Waals surface area contributed by atoms with Crippen LogP contribution in [0.5, 0.6) is 0 Å². The van der Waals surface area contributed by atoms with Gasteiger partial charge in [-0.25, -0.2) is 0 Å². The number of nitrogens with one attached hydrogen (secondary N) is 1. The largest absolute Gasteiger partial charge is 0.405 e. The second-order valence-electron chi connectivity index (χ2n) is 11.6. The first-order valence-electron chi connectivity index (χ1n) is 15.7. The number of nitrogens with zero attached hydrogens (tertiary/aromatic N) is 1. The maximum Gasteiger partial charge on any atom is 0.0537 e. The number of para-hydroxylation sites is 1. The Labute approximate surface area is 265 Å². The highest BCUT2D eigenvalue weighted by Crippen LogP contribution is 2.41. The molecule has 1 aromatic heterocycles. The highest BCUT2D eigenvalue weighted by molar-refractivity contribution is 5.99. The minimum Gasteiger partial charge on any atom is -0.405 e. The van der Waals surface area contributed by atoms with Gasteiger partial charge in [0.15, 0.2) is 0 Å². The predicted molar refractivity (Wildman–Crippen MR) is 192 cm³/mol. The van der Waals surface area contributed by atoms with Crippen LogP contribution in [0.3, 0.4) is 0 Å². The SMILES string of the molecule is Cc1ccccc1-c1cc(C2=Cc3c(n(-c4ccc(-c5ccccc5)cc4)c4ccccc34)CC2)ccc1NC/C=C\C=C/N. The Kier molecular flexibility index (Phi) is 7.90. The Hall–Kier alpha value is -5.54. The van der Waals surface area contributed by atoms with Gasteiger partial charge in [0, 0.05) is 40.1 Å². The smallest absolute Gasteiger partial charge is 0.0537 e. The predicted octanol–water partition coefficient (Wildman–Crippen LogP) is 10.2. The lowest BCUT2D eigenvalue weighted by Crippen LogP contribution is -2.06. The van der Waals surface area contributed by atoms with Crippen molar-refractivity contribution in [3.05, 3.63) is 168 Å². The summed E-state index contributed by atoms with van der Waals surface area (Å²) in [6, 6.07) is 43.9. The van der Waals surface area contributed by atoms with E-state index in [2.05, 4.69) is 150 Å². The molecule has 3 heteroatoms. The quantitative estimate of drug-likeness (QED) is 0.175. The van der Waals surface area contributed by atoms with E-state index in [1.54, 1.807) is 6.20 Å². The lowest BCUT2D eigenvalue weighted by Gasteiger charge is -2.20. The highest BCUT2D eigenvalue weighted by Gasteiger charge is 2.22. The molecule has 5 aromatic carbocycles. The number of allylic oxidation sites excluding steroid dienone is 3. The van der Waals surface area contributed by atoms with Gasteiger partial charge in [0.1, 0.15) is 0 Å². The maximum atomic E-state index is 5.48. The molecule has 0 atom stereocenters. The fourth-order valence-corrected chi connectivity index (χ4v) is 6.56. The number of aromatic nitrogens is 1. The molecule has 1 aliphatic carbocycles. The summed E-state index contributed by atoms with van der Waals surface area (Å²) in [4.78, 5) is 0. The van der Waals surface area contributed by atoms with Crippen LogP contribution < -0.4 is 11.1 Å². The van der Waals surface area contributed by atoms with Crippen LogP contribution in [0.4, 0.5) is 5.69 Å². The van der Waals surface area contributed by atoms with Crippen molar-refractivity contribution in [3.8, 4) is 27.9 Å². The minimum atomic E-state index is 0.723. The van der Waals surface area contributed by atoms with Crippen molar-refractivity contribution in [2.45, 2.75) is 19.8 Å². The fraction of sp³-hybridized carbons (Fsp3) is 0.0952. The third kappa shape index (κ3) is 5.61. The molecule has 1 heterocycles. The van der Waals surface area contributed by atoms with E-state index >= 15 is 0 Å². The molecule has 6 aromatic rings. The average molecular weight is 584 g/mol. The van der Waals surface area contributed by atoms with Gasteiger partial charge in [0.05, 0.1) is 5.52 Å². The van der Waals surface area contributed by atoms with Gasteiger partial charge in [0.2, 0.25) is 0 Å². The van der Waals surface area contributed by atoms with Crippen molar-refractivity contribution < 1.29 is 0 Å². The van der Waals surface area contributed by atoms with Crippen LogP contribution >= 0.6 is 0 Å². The van der Waals surface area contributed by atoms with Crippen LogP contribution in [0.2, 0.25) is 0 Å². The second kappa shape index (κ2) is 12.6. The van der Waals surface area contributed by atoms with Gasteiger partial charge in [-0.05, 0) is 102 Å². The summed E-state index contributed by atoms with van der Waals surface area (Å²) in [5.41, 5.74) is 20.6. The van der Waals surface area contributed by atoms with E-state index in [1.807, 2.05) is 12.2 Å². The van der Waals surface area contributed by atoms with E-state index in [-0.39, 0.29) is 0 Å². The molecule has 0 bridgehead atoms. The van der Waals surface area contributed by atoms with E-state index in [9.17, 15) is 0 Å².